The Bertz CT molecular complexity index is 3470. The predicted molar refractivity (Wildman–Crippen MR) is 375 cm³/mol. The van der Waals surface area contributed by atoms with E-state index in [2.05, 4.69) is 112 Å². The number of unbranched alkanes of at least 4 members (excludes halogenated alkanes) is 2. The quantitative estimate of drug-likeness (QED) is 0.0206. The van der Waals surface area contributed by atoms with Crippen molar-refractivity contribution in [2.45, 2.75) is 190 Å². The Balaban J connectivity index is 0.646. The monoisotopic (exact) mass is 1330 g/mol. The van der Waals surface area contributed by atoms with E-state index in [4.69, 9.17) is 0 Å². The van der Waals surface area contributed by atoms with E-state index in [0.29, 0.717) is 76.3 Å². The lowest BCUT2D eigenvalue weighted by atomic mass is 9.92. The van der Waals surface area contributed by atoms with Crippen LogP contribution in [-0.2, 0) is 67.8 Å². The summed E-state index contributed by atoms with van der Waals surface area (Å²) in [5.74, 6) is -1.79. The van der Waals surface area contributed by atoms with Crippen molar-refractivity contribution in [3.63, 3.8) is 0 Å². The van der Waals surface area contributed by atoms with E-state index in [0.717, 1.165) is 86.5 Å². The van der Waals surface area contributed by atoms with E-state index in [1.54, 1.807) is 37.7 Å². The third-order valence-electron chi connectivity index (χ3n) is 20.5. The van der Waals surface area contributed by atoms with E-state index in [9.17, 15) is 28.8 Å². The lowest BCUT2D eigenvalue weighted by Gasteiger charge is -2.33. The Labute approximate surface area is 576 Å². The van der Waals surface area contributed by atoms with Gasteiger partial charge in [-0.15, -0.1) is 10.2 Å². The van der Waals surface area contributed by atoms with Gasteiger partial charge in [0.1, 0.15) is 35.6 Å². The normalized spacial score (nSPS) is 22.0. The van der Waals surface area contributed by atoms with Crippen LogP contribution in [0.2, 0.25) is 0 Å². The molecule has 6 amide bonds. The van der Waals surface area contributed by atoms with Crippen molar-refractivity contribution >= 4 is 35.4 Å². The molecule has 7 aromatic rings. The van der Waals surface area contributed by atoms with Crippen LogP contribution >= 0.6 is 0 Å². The van der Waals surface area contributed by atoms with Crippen LogP contribution in [0.1, 0.15) is 148 Å². The van der Waals surface area contributed by atoms with E-state index < -0.39 is 48.3 Å². The number of nitrogens with one attached hydrogen (secondary N) is 8. The number of likely N-dealkylation sites (N-methyl/N-ethyl adjacent to an activating group) is 2. The van der Waals surface area contributed by atoms with Gasteiger partial charge in [0.05, 0.1) is 36.6 Å². The van der Waals surface area contributed by atoms with Crippen LogP contribution in [-0.4, -0.2) is 151 Å². The fraction of sp³-hybridized carbons (Fsp3) is 0.474. The van der Waals surface area contributed by atoms with Gasteiger partial charge in [-0.1, -0.05) is 156 Å². The summed E-state index contributed by atoms with van der Waals surface area (Å²) in [7, 11) is 3.44. The molecule has 6 heterocycles. The van der Waals surface area contributed by atoms with Crippen LogP contribution in [0.4, 0.5) is 0 Å². The summed E-state index contributed by atoms with van der Waals surface area (Å²) in [6.45, 7) is 7.20. The average Bonchev–Trinajstić information content (AvgIpc) is 1.63. The molecule has 98 heavy (non-hydrogen) atoms. The second-order valence-corrected chi connectivity index (χ2v) is 27.1. The van der Waals surface area contributed by atoms with Crippen LogP contribution in [0.25, 0.3) is 0 Å². The van der Waals surface area contributed by atoms with Crippen molar-refractivity contribution in [1.29, 1.82) is 0 Å². The molecule has 22 heteroatoms. The highest BCUT2D eigenvalue weighted by Crippen LogP contribution is 2.37. The Morgan fingerprint density at radius 2 is 0.827 bits per heavy atom. The predicted octanol–water partition coefficient (Wildman–Crippen LogP) is 6.63. The number of benzene rings is 5. The lowest BCUT2D eigenvalue weighted by molar-refractivity contribution is -0.143. The molecular formula is C76H98N16O6. The Morgan fingerprint density at radius 3 is 1.20 bits per heavy atom. The topological polar surface area (TPSA) is 267 Å². The zero-order chi connectivity index (χ0) is 68.3. The van der Waals surface area contributed by atoms with E-state index in [1.165, 1.54) is 11.1 Å². The van der Waals surface area contributed by atoms with Crippen molar-refractivity contribution in [2.75, 3.05) is 27.2 Å². The number of aromatic nitrogens is 6. The van der Waals surface area contributed by atoms with Gasteiger partial charge < -0.3 is 52.3 Å². The van der Waals surface area contributed by atoms with Crippen LogP contribution in [0.15, 0.2) is 158 Å². The molecule has 4 fully saturated rings. The molecular weight excluding hydrogens is 1230 g/mol. The summed E-state index contributed by atoms with van der Waals surface area (Å²) >= 11 is 0. The largest absolute Gasteiger partial charge is 0.343 e. The molecule has 11 rings (SSSR count). The maximum absolute atomic E-state index is 14.8. The molecule has 22 nitrogen and oxygen atoms in total. The number of amides is 6. The average molecular weight is 1330 g/mol. The molecule has 0 spiro atoms. The first-order chi connectivity index (χ1) is 47.8. The highest BCUT2D eigenvalue weighted by molar-refractivity contribution is 5.95. The molecule has 8 N–H and O–H groups in total. The maximum Gasteiger partial charge on any atom is 0.246 e. The van der Waals surface area contributed by atoms with Gasteiger partial charge in [-0.3, -0.25) is 38.1 Å². The number of hydrogen-bond acceptors (Lipinski definition) is 14. The molecule has 4 saturated heterocycles. The lowest BCUT2D eigenvalue weighted by Crippen LogP contribution is -2.59. The maximum atomic E-state index is 14.8. The summed E-state index contributed by atoms with van der Waals surface area (Å²) < 4.78 is 3.68. The number of fused-ring (bicyclic) bond motifs is 2. The van der Waals surface area contributed by atoms with Gasteiger partial charge in [0.15, 0.2) is 0 Å². The summed E-state index contributed by atoms with van der Waals surface area (Å²) in [6.07, 6.45) is 14.6. The number of hydrogen-bond donors (Lipinski definition) is 8. The van der Waals surface area contributed by atoms with E-state index in [1.807, 2.05) is 119 Å². The standard InChI is InChI=1S/C76H98N16O6/c1-51(77-3)71(93)83-69-59(47-79-45-55-23-9-5-10-24-55)35-37-61-39-41-65(91(61)75(69)97)73(95)81-67(57-27-13-7-14-28-57)63-49-89(87-85-63)43-19-17-21-53-31-33-54(34-32-53)22-18-20-44-90-50-64(86-88-90)68(58-29-15-8-16-30-58)82-74(96)66-42-40-62-38-36-60(48-80-46-56-25-11-6-12-26-56)70(76(98)92(62)66)84-72(94)52(2)78-4/h5-16,23-34,49-52,59-62,65-70,77-80H,17-22,35-48H2,1-4H3,(H,81,95)(H,82,96)(H,83,93)(H,84,94)/t51-,52-,59+,60+,61-,62-,65-,66-,67-,68-,69-,70-/m0/s1. The summed E-state index contributed by atoms with van der Waals surface area (Å²) in [5, 5.41) is 44.1. The third kappa shape index (κ3) is 18.0. The van der Waals surface area contributed by atoms with Crippen LogP contribution in [0, 0.1) is 11.8 Å². The first kappa shape index (κ1) is 70.4. The highest BCUT2D eigenvalue weighted by atomic mass is 16.2. The molecule has 4 aliphatic heterocycles. The summed E-state index contributed by atoms with van der Waals surface area (Å²) in [5.41, 5.74) is 7.73. The Kier molecular flexibility index (Phi) is 24.8. The van der Waals surface area contributed by atoms with Crippen LogP contribution < -0.4 is 42.5 Å². The number of carbonyl (C=O) groups is 6. The van der Waals surface area contributed by atoms with Crippen LogP contribution in [0.3, 0.4) is 0 Å². The zero-order valence-corrected chi connectivity index (χ0v) is 57.1. The Morgan fingerprint density at radius 1 is 0.459 bits per heavy atom. The summed E-state index contributed by atoms with van der Waals surface area (Å²) in [4.78, 5) is 89.2. The van der Waals surface area contributed by atoms with Gasteiger partial charge in [0.25, 0.3) is 0 Å². The van der Waals surface area contributed by atoms with E-state index in [-0.39, 0.29) is 59.4 Å². The molecule has 5 aromatic carbocycles. The molecule has 0 unspecified atom stereocenters. The molecule has 0 bridgehead atoms. The van der Waals surface area contributed by atoms with Crippen molar-refractivity contribution in [1.82, 2.24) is 82.3 Å². The smallest absolute Gasteiger partial charge is 0.246 e. The van der Waals surface area contributed by atoms with Gasteiger partial charge in [-0.2, -0.15) is 0 Å². The number of nitrogens with zero attached hydrogens (tertiary/aromatic N) is 8. The highest BCUT2D eigenvalue weighted by Gasteiger charge is 2.50. The van der Waals surface area contributed by atoms with Gasteiger partial charge in [0.2, 0.25) is 35.4 Å². The first-order valence-electron chi connectivity index (χ1n) is 35.5. The summed E-state index contributed by atoms with van der Waals surface area (Å²) in [6, 6.07) is 43.1. The molecule has 4 aliphatic rings. The van der Waals surface area contributed by atoms with Crippen molar-refractivity contribution in [3.8, 4) is 0 Å². The van der Waals surface area contributed by atoms with Gasteiger partial charge in [0, 0.05) is 63.2 Å². The van der Waals surface area contributed by atoms with Gasteiger partial charge >= 0.3 is 0 Å². The molecule has 518 valence electrons. The molecule has 0 radical (unpaired) electrons. The number of carbonyl (C=O) groups excluding carboxylic acids is 6. The fourth-order valence-electron chi connectivity index (χ4n) is 14.6. The molecule has 2 aromatic heterocycles. The zero-order valence-electron chi connectivity index (χ0n) is 57.1. The molecule has 0 saturated carbocycles. The van der Waals surface area contributed by atoms with Crippen LogP contribution in [0.5, 0.6) is 0 Å². The third-order valence-corrected chi connectivity index (χ3v) is 20.5. The fourth-order valence-corrected chi connectivity index (χ4v) is 14.6. The molecule has 0 aliphatic carbocycles. The second kappa shape index (κ2) is 34.5. The minimum Gasteiger partial charge on any atom is -0.343 e. The SMILES string of the molecule is CN[C@@H](C)C(=O)N[C@@H]1C(=O)N2[C@@H](CC[C@@H]1CNCc1ccccc1)CC[C@H]2C(=O)N[C@@H](c1ccccc1)c1cn(CCCCc2ccc(CCCCn3cc([C@@H](NC(=O)[C@@H]4CC[C@@H]5CC[C@H](CNCc6ccccc6)[C@H](NC(=O)[C@H](C)NC)C(=O)N54)c4ccccc4)nn3)cc2)nn1. The van der Waals surface area contributed by atoms with Crippen molar-refractivity contribution < 1.29 is 28.8 Å². The first-order valence-corrected chi connectivity index (χ1v) is 35.5. The van der Waals surface area contributed by atoms with E-state index >= 15 is 0 Å². The second-order valence-electron chi connectivity index (χ2n) is 27.1. The minimum atomic E-state index is -0.794. The number of aryl methyl sites for hydroxylation is 4. The minimum absolute atomic E-state index is 0.118. The Hall–Kier alpha value is -8.96. The van der Waals surface area contributed by atoms with Crippen molar-refractivity contribution in [3.05, 3.63) is 203 Å². The van der Waals surface area contributed by atoms with Crippen molar-refractivity contribution in [2.24, 2.45) is 11.8 Å². The molecule has 12 atom stereocenters. The number of rotatable bonds is 32. The van der Waals surface area contributed by atoms with Gasteiger partial charge in [-0.05, 0) is 151 Å². The van der Waals surface area contributed by atoms with Gasteiger partial charge in [-0.25, -0.2) is 0 Å².